The number of carbonyl (C=O) groups excluding carboxylic acids is 2. The standard InChI is InChI=1S/C28H26N2O4/c1-33-25-10-5-9-23(18-25)28(32)30(20-22-7-3-2-4-8-22)24-14-12-21(13-15-24)17-27(31)29-19-26-11-6-16-34-26/h2-16,18H,17,19-20H2,1H3,(H,29,31). The summed E-state index contributed by atoms with van der Waals surface area (Å²) in [6, 6.07) is 28.0. The summed E-state index contributed by atoms with van der Waals surface area (Å²) in [6.07, 6.45) is 1.82. The van der Waals surface area contributed by atoms with Crippen molar-refractivity contribution in [2.24, 2.45) is 0 Å². The van der Waals surface area contributed by atoms with Gasteiger partial charge in [-0.15, -0.1) is 0 Å². The van der Waals surface area contributed by atoms with Crippen molar-refractivity contribution in [1.82, 2.24) is 5.32 Å². The van der Waals surface area contributed by atoms with Gasteiger partial charge in [-0.3, -0.25) is 9.59 Å². The van der Waals surface area contributed by atoms with Crippen molar-refractivity contribution in [1.29, 1.82) is 0 Å². The molecule has 3 aromatic carbocycles. The molecule has 6 heteroatoms. The summed E-state index contributed by atoms with van der Waals surface area (Å²) >= 11 is 0. The van der Waals surface area contributed by atoms with Gasteiger partial charge < -0.3 is 19.4 Å². The zero-order valence-corrected chi connectivity index (χ0v) is 18.9. The Morgan fingerprint density at radius 1 is 0.882 bits per heavy atom. The zero-order chi connectivity index (χ0) is 23.8. The first-order valence-electron chi connectivity index (χ1n) is 11.0. The molecule has 1 aromatic heterocycles. The first-order valence-corrected chi connectivity index (χ1v) is 11.0. The number of benzene rings is 3. The van der Waals surface area contributed by atoms with Crippen molar-refractivity contribution >= 4 is 17.5 Å². The Labute approximate surface area is 198 Å². The number of amides is 2. The van der Waals surface area contributed by atoms with E-state index < -0.39 is 0 Å². The molecule has 0 saturated heterocycles. The predicted molar refractivity (Wildman–Crippen MR) is 131 cm³/mol. The van der Waals surface area contributed by atoms with Crippen LogP contribution in [0.25, 0.3) is 0 Å². The molecule has 4 rings (SSSR count). The van der Waals surface area contributed by atoms with Crippen LogP contribution in [0.4, 0.5) is 5.69 Å². The summed E-state index contributed by atoms with van der Waals surface area (Å²) in [5, 5.41) is 2.85. The van der Waals surface area contributed by atoms with Crippen LogP contribution in [0, 0.1) is 0 Å². The third-order valence-corrected chi connectivity index (χ3v) is 5.40. The van der Waals surface area contributed by atoms with Crippen LogP contribution in [0.3, 0.4) is 0 Å². The number of methoxy groups -OCH3 is 1. The van der Waals surface area contributed by atoms with Gasteiger partial charge in [0.2, 0.25) is 5.91 Å². The molecule has 0 spiro atoms. The van der Waals surface area contributed by atoms with E-state index in [4.69, 9.17) is 9.15 Å². The number of nitrogens with one attached hydrogen (secondary N) is 1. The minimum absolute atomic E-state index is 0.0993. The van der Waals surface area contributed by atoms with Gasteiger partial charge in [-0.05, 0) is 53.6 Å². The van der Waals surface area contributed by atoms with Crippen molar-refractivity contribution in [3.05, 3.63) is 120 Å². The van der Waals surface area contributed by atoms with Crippen LogP contribution in [0.15, 0.2) is 102 Å². The number of hydrogen-bond acceptors (Lipinski definition) is 4. The first kappa shape index (κ1) is 22.9. The molecule has 0 fully saturated rings. The SMILES string of the molecule is COc1cccc(C(=O)N(Cc2ccccc2)c2ccc(CC(=O)NCc3ccco3)cc2)c1. The van der Waals surface area contributed by atoms with E-state index in [1.54, 1.807) is 42.5 Å². The number of furan rings is 1. The Kier molecular flexibility index (Phi) is 7.40. The Hall–Kier alpha value is -4.32. The Morgan fingerprint density at radius 3 is 2.38 bits per heavy atom. The van der Waals surface area contributed by atoms with Gasteiger partial charge in [0.25, 0.3) is 5.91 Å². The van der Waals surface area contributed by atoms with Gasteiger partial charge in [-0.25, -0.2) is 0 Å². The highest BCUT2D eigenvalue weighted by atomic mass is 16.5. The summed E-state index contributed by atoms with van der Waals surface area (Å²) < 4.78 is 10.5. The van der Waals surface area contributed by atoms with Crippen LogP contribution in [-0.4, -0.2) is 18.9 Å². The molecule has 172 valence electrons. The second-order valence-electron chi connectivity index (χ2n) is 7.81. The number of carbonyl (C=O) groups is 2. The molecule has 0 unspecified atom stereocenters. The molecule has 0 saturated carbocycles. The molecule has 0 atom stereocenters. The Balaban J connectivity index is 1.51. The van der Waals surface area contributed by atoms with Crippen LogP contribution < -0.4 is 15.0 Å². The molecule has 0 radical (unpaired) electrons. The van der Waals surface area contributed by atoms with Crippen LogP contribution in [0.2, 0.25) is 0 Å². The predicted octanol–water partition coefficient (Wildman–Crippen LogP) is 4.99. The van der Waals surface area contributed by atoms with E-state index in [0.29, 0.717) is 30.2 Å². The van der Waals surface area contributed by atoms with Gasteiger partial charge in [-0.1, -0.05) is 48.5 Å². The van der Waals surface area contributed by atoms with E-state index in [1.165, 1.54) is 0 Å². The molecule has 4 aromatic rings. The number of hydrogen-bond donors (Lipinski definition) is 1. The monoisotopic (exact) mass is 454 g/mol. The van der Waals surface area contributed by atoms with Gasteiger partial charge in [-0.2, -0.15) is 0 Å². The topological polar surface area (TPSA) is 71.8 Å². The van der Waals surface area contributed by atoms with Gasteiger partial charge in [0.05, 0.1) is 32.9 Å². The van der Waals surface area contributed by atoms with Crippen LogP contribution in [0.1, 0.15) is 27.2 Å². The number of nitrogens with zero attached hydrogens (tertiary/aromatic N) is 1. The van der Waals surface area contributed by atoms with E-state index in [-0.39, 0.29) is 18.2 Å². The second kappa shape index (κ2) is 11.0. The smallest absolute Gasteiger partial charge is 0.258 e. The minimum Gasteiger partial charge on any atom is -0.497 e. The quantitative estimate of drug-likeness (QED) is 0.387. The highest BCUT2D eigenvalue weighted by molar-refractivity contribution is 6.06. The zero-order valence-electron chi connectivity index (χ0n) is 18.9. The van der Waals surface area contributed by atoms with Crippen molar-refractivity contribution in [3.8, 4) is 5.75 Å². The van der Waals surface area contributed by atoms with E-state index in [9.17, 15) is 9.59 Å². The lowest BCUT2D eigenvalue weighted by Crippen LogP contribution is -2.30. The minimum atomic E-state index is -0.133. The average Bonchev–Trinajstić information content (AvgIpc) is 3.41. The molecule has 2 amide bonds. The van der Waals surface area contributed by atoms with Crippen LogP contribution in [0.5, 0.6) is 5.75 Å². The molecule has 6 nitrogen and oxygen atoms in total. The fourth-order valence-electron chi connectivity index (χ4n) is 3.60. The van der Waals surface area contributed by atoms with Gasteiger partial charge in [0.15, 0.2) is 0 Å². The molecule has 1 N–H and O–H groups in total. The molecule has 0 aliphatic heterocycles. The summed E-state index contributed by atoms with van der Waals surface area (Å²) in [5.74, 6) is 1.10. The summed E-state index contributed by atoms with van der Waals surface area (Å²) in [5.41, 5.74) is 3.15. The van der Waals surface area contributed by atoms with Crippen LogP contribution in [-0.2, 0) is 24.3 Å². The van der Waals surface area contributed by atoms with Crippen molar-refractivity contribution in [2.45, 2.75) is 19.5 Å². The molecular formula is C28H26N2O4. The fraction of sp³-hybridized carbons (Fsp3) is 0.143. The number of ether oxygens (including phenoxy) is 1. The summed E-state index contributed by atoms with van der Waals surface area (Å²) in [6.45, 7) is 0.768. The van der Waals surface area contributed by atoms with E-state index in [0.717, 1.165) is 16.8 Å². The van der Waals surface area contributed by atoms with Crippen LogP contribution >= 0.6 is 0 Å². The lowest BCUT2D eigenvalue weighted by atomic mass is 10.1. The Morgan fingerprint density at radius 2 is 1.68 bits per heavy atom. The molecule has 0 aliphatic rings. The van der Waals surface area contributed by atoms with Crippen molar-refractivity contribution < 1.29 is 18.7 Å². The third-order valence-electron chi connectivity index (χ3n) is 5.40. The molecule has 0 aliphatic carbocycles. The highest BCUT2D eigenvalue weighted by Crippen LogP contribution is 2.23. The first-order chi connectivity index (χ1) is 16.6. The average molecular weight is 455 g/mol. The normalized spacial score (nSPS) is 10.5. The largest absolute Gasteiger partial charge is 0.497 e. The number of rotatable bonds is 9. The van der Waals surface area contributed by atoms with Crippen molar-refractivity contribution in [3.63, 3.8) is 0 Å². The molecule has 1 heterocycles. The fourth-order valence-corrected chi connectivity index (χ4v) is 3.60. The third kappa shape index (κ3) is 5.92. The number of anilines is 1. The highest BCUT2D eigenvalue weighted by Gasteiger charge is 2.19. The maximum Gasteiger partial charge on any atom is 0.258 e. The summed E-state index contributed by atoms with van der Waals surface area (Å²) in [4.78, 5) is 27.5. The lowest BCUT2D eigenvalue weighted by molar-refractivity contribution is -0.120. The molecule has 0 bridgehead atoms. The van der Waals surface area contributed by atoms with Gasteiger partial charge in [0.1, 0.15) is 11.5 Å². The second-order valence-corrected chi connectivity index (χ2v) is 7.81. The van der Waals surface area contributed by atoms with E-state index in [2.05, 4.69) is 5.32 Å². The Bertz CT molecular complexity index is 1220. The molecule has 34 heavy (non-hydrogen) atoms. The van der Waals surface area contributed by atoms with E-state index >= 15 is 0 Å². The van der Waals surface area contributed by atoms with Gasteiger partial charge in [0, 0.05) is 11.3 Å². The maximum atomic E-state index is 13.5. The maximum absolute atomic E-state index is 13.5. The lowest BCUT2D eigenvalue weighted by Gasteiger charge is -2.24. The van der Waals surface area contributed by atoms with Gasteiger partial charge >= 0.3 is 0 Å². The molecular weight excluding hydrogens is 428 g/mol. The van der Waals surface area contributed by atoms with E-state index in [1.807, 2.05) is 66.7 Å². The summed E-state index contributed by atoms with van der Waals surface area (Å²) in [7, 11) is 1.58. The van der Waals surface area contributed by atoms with Crippen molar-refractivity contribution in [2.75, 3.05) is 12.0 Å².